The van der Waals surface area contributed by atoms with Crippen LogP contribution >= 0.6 is 11.3 Å². The van der Waals surface area contributed by atoms with Crippen molar-refractivity contribution in [2.45, 2.75) is 52.5 Å². The minimum absolute atomic E-state index is 0.137. The third-order valence-corrected chi connectivity index (χ3v) is 5.59. The van der Waals surface area contributed by atoms with Gasteiger partial charge in [-0.05, 0) is 46.1 Å². The van der Waals surface area contributed by atoms with Gasteiger partial charge in [0, 0.05) is 44.0 Å². The molecule has 5 nitrogen and oxygen atoms in total. The number of piperidine rings is 1. The van der Waals surface area contributed by atoms with Gasteiger partial charge in [-0.15, -0.1) is 11.3 Å². The quantitative estimate of drug-likeness (QED) is 0.611. The number of aliphatic imine (C=N–C) groups is 1. The molecule has 1 fully saturated rings. The van der Waals surface area contributed by atoms with E-state index in [0.29, 0.717) is 0 Å². The first kappa shape index (κ1) is 19.2. The lowest BCUT2D eigenvalue weighted by Gasteiger charge is -2.43. The molecule has 0 radical (unpaired) electrons. The number of nitrogens with zero attached hydrogens (tertiary/aromatic N) is 3. The Morgan fingerprint density at radius 3 is 2.88 bits per heavy atom. The van der Waals surface area contributed by atoms with Crippen LogP contribution in [0.2, 0.25) is 0 Å². The second-order valence-electron chi connectivity index (χ2n) is 7.47. The monoisotopic (exact) mass is 351 g/mol. The standard InChI is InChI=1S/C18H33N5S/c1-14-7-6-10-23(11-14)18(3,4)13-21-17(19-5)20-9-8-16-12-24-15(2)22-16/h12,14H,6-11,13H2,1-5H3,(H2,19,20,21). The minimum Gasteiger partial charge on any atom is -0.356 e. The van der Waals surface area contributed by atoms with E-state index >= 15 is 0 Å². The third-order valence-electron chi connectivity index (χ3n) is 4.77. The van der Waals surface area contributed by atoms with E-state index in [-0.39, 0.29) is 5.54 Å². The molecule has 2 heterocycles. The predicted molar refractivity (Wildman–Crippen MR) is 104 cm³/mol. The Kier molecular flexibility index (Phi) is 7.04. The zero-order valence-corrected chi connectivity index (χ0v) is 16.7. The molecule has 1 aliphatic rings. The Balaban J connectivity index is 1.75. The van der Waals surface area contributed by atoms with Crippen molar-refractivity contribution in [3.8, 4) is 0 Å². The highest BCUT2D eigenvalue weighted by Gasteiger charge is 2.30. The number of rotatable bonds is 6. The summed E-state index contributed by atoms with van der Waals surface area (Å²) in [5, 5.41) is 10.2. The lowest BCUT2D eigenvalue weighted by Crippen LogP contribution is -2.56. The zero-order valence-electron chi connectivity index (χ0n) is 15.9. The molecule has 0 saturated carbocycles. The summed E-state index contributed by atoms with van der Waals surface area (Å²) in [6, 6.07) is 0. The van der Waals surface area contributed by atoms with Crippen molar-refractivity contribution < 1.29 is 0 Å². The summed E-state index contributed by atoms with van der Waals surface area (Å²) in [6.45, 7) is 13.2. The van der Waals surface area contributed by atoms with E-state index in [1.807, 2.05) is 14.0 Å². The predicted octanol–water partition coefficient (Wildman–Crippen LogP) is 2.67. The van der Waals surface area contributed by atoms with Crippen molar-refractivity contribution in [1.82, 2.24) is 20.5 Å². The van der Waals surface area contributed by atoms with Crippen LogP contribution in [0.25, 0.3) is 0 Å². The van der Waals surface area contributed by atoms with Crippen LogP contribution in [-0.4, -0.2) is 54.6 Å². The van der Waals surface area contributed by atoms with Crippen molar-refractivity contribution in [2.24, 2.45) is 10.9 Å². The second-order valence-corrected chi connectivity index (χ2v) is 8.53. The van der Waals surface area contributed by atoms with Crippen LogP contribution in [0.3, 0.4) is 0 Å². The fourth-order valence-electron chi connectivity index (χ4n) is 3.20. The summed E-state index contributed by atoms with van der Waals surface area (Å²) in [5.74, 6) is 1.68. The van der Waals surface area contributed by atoms with Gasteiger partial charge in [-0.1, -0.05) is 6.92 Å². The molecule has 1 saturated heterocycles. The van der Waals surface area contributed by atoms with Gasteiger partial charge >= 0.3 is 0 Å². The largest absolute Gasteiger partial charge is 0.356 e. The molecule has 1 unspecified atom stereocenters. The average Bonchev–Trinajstić information content (AvgIpc) is 2.96. The Morgan fingerprint density at radius 2 is 2.25 bits per heavy atom. The SMILES string of the molecule is CN=C(NCCc1csc(C)n1)NCC(C)(C)N1CCCC(C)C1. The average molecular weight is 352 g/mol. The van der Waals surface area contributed by atoms with Crippen LogP contribution in [0.5, 0.6) is 0 Å². The lowest BCUT2D eigenvalue weighted by molar-refractivity contribution is 0.0739. The fourth-order valence-corrected chi connectivity index (χ4v) is 3.85. The minimum atomic E-state index is 0.137. The maximum atomic E-state index is 4.50. The van der Waals surface area contributed by atoms with Gasteiger partial charge < -0.3 is 10.6 Å². The van der Waals surface area contributed by atoms with Crippen LogP contribution in [0.4, 0.5) is 0 Å². The number of aryl methyl sites for hydroxylation is 1. The molecule has 1 aromatic rings. The second kappa shape index (κ2) is 8.81. The number of nitrogens with one attached hydrogen (secondary N) is 2. The summed E-state index contributed by atoms with van der Waals surface area (Å²) in [6.07, 6.45) is 3.60. The molecule has 136 valence electrons. The molecule has 0 aliphatic carbocycles. The summed E-state index contributed by atoms with van der Waals surface area (Å²) in [5.41, 5.74) is 1.29. The van der Waals surface area contributed by atoms with E-state index in [1.165, 1.54) is 25.9 Å². The van der Waals surface area contributed by atoms with Crippen LogP contribution in [0.15, 0.2) is 10.4 Å². The van der Waals surface area contributed by atoms with Gasteiger partial charge in [0.2, 0.25) is 0 Å². The van der Waals surface area contributed by atoms with Crippen molar-refractivity contribution >= 4 is 17.3 Å². The molecule has 1 aromatic heterocycles. The molecule has 2 N–H and O–H groups in total. The molecule has 0 amide bonds. The van der Waals surface area contributed by atoms with E-state index in [4.69, 9.17) is 0 Å². The van der Waals surface area contributed by atoms with E-state index in [9.17, 15) is 0 Å². The Hall–Kier alpha value is -1.14. The Morgan fingerprint density at radius 1 is 1.46 bits per heavy atom. The van der Waals surface area contributed by atoms with E-state index in [2.05, 4.69) is 51.7 Å². The molecular weight excluding hydrogens is 318 g/mol. The normalized spacial score (nSPS) is 20.2. The highest BCUT2D eigenvalue weighted by molar-refractivity contribution is 7.09. The first-order valence-corrected chi connectivity index (χ1v) is 9.89. The van der Waals surface area contributed by atoms with Crippen molar-refractivity contribution in [1.29, 1.82) is 0 Å². The number of hydrogen-bond donors (Lipinski definition) is 2. The number of guanidine groups is 1. The van der Waals surface area contributed by atoms with Gasteiger partial charge in [-0.2, -0.15) is 0 Å². The van der Waals surface area contributed by atoms with Gasteiger partial charge in [-0.3, -0.25) is 9.89 Å². The van der Waals surface area contributed by atoms with Gasteiger partial charge in [0.05, 0.1) is 10.7 Å². The van der Waals surface area contributed by atoms with Gasteiger partial charge in [0.15, 0.2) is 5.96 Å². The molecule has 1 atom stereocenters. The third kappa shape index (κ3) is 5.74. The maximum absolute atomic E-state index is 4.50. The summed E-state index contributed by atoms with van der Waals surface area (Å²) in [4.78, 5) is 11.5. The van der Waals surface area contributed by atoms with Gasteiger partial charge in [0.1, 0.15) is 0 Å². The first-order chi connectivity index (χ1) is 11.4. The molecule has 1 aliphatic heterocycles. The number of hydrogen-bond acceptors (Lipinski definition) is 4. The fraction of sp³-hybridized carbons (Fsp3) is 0.778. The van der Waals surface area contributed by atoms with E-state index in [0.717, 1.165) is 42.1 Å². The molecule has 0 aromatic carbocycles. The maximum Gasteiger partial charge on any atom is 0.191 e. The Labute approximate surface area is 151 Å². The van der Waals surface area contributed by atoms with Gasteiger partial charge in [0.25, 0.3) is 0 Å². The van der Waals surface area contributed by atoms with Crippen LogP contribution < -0.4 is 10.6 Å². The highest BCUT2D eigenvalue weighted by atomic mass is 32.1. The zero-order chi connectivity index (χ0) is 17.6. The molecular formula is C18H33N5S. The summed E-state index contributed by atoms with van der Waals surface area (Å²) < 4.78 is 0. The van der Waals surface area contributed by atoms with Crippen molar-refractivity contribution in [3.63, 3.8) is 0 Å². The molecule has 0 spiro atoms. The topological polar surface area (TPSA) is 52.6 Å². The number of likely N-dealkylation sites (tertiary alicyclic amines) is 1. The number of aromatic nitrogens is 1. The van der Waals surface area contributed by atoms with Crippen LogP contribution in [0, 0.1) is 12.8 Å². The van der Waals surface area contributed by atoms with E-state index < -0.39 is 0 Å². The van der Waals surface area contributed by atoms with Crippen molar-refractivity contribution in [2.75, 3.05) is 33.2 Å². The molecule has 2 rings (SSSR count). The summed E-state index contributed by atoms with van der Waals surface area (Å²) >= 11 is 1.71. The van der Waals surface area contributed by atoms with Crippen LogP contribution in [-0.2, 0) is 6.42 Å². The highest BCUT2D eigenvalue weighted by Crippen LogP contribution is 2.23. The number of thiazole rings is 1. The molecule has 24 heavy (non-hydrogen) atoms. The first-order valence-electron chi connectivity index (χ1n) is 9.01. The molecule has 6 heteroatoms. The van der Waals surface area contributed by atoms with E-state index in [1.54, 1.807) is 11.3 Å². The smallest absolute Gasteiger partial charge is 0.191 e. The lowest BCUT2D eigenvalue weighted by atomic mass is 9.93. The molecule has 0 bridgehead atoms. The van der Waals surface area contributed by atoms with Crippen molar-refractivity contribution in [3.05, 3.63) is 16.1 Å². The summed E-state index contributed by atoms with van der Waals surface area (Å²) in [7, 11) is 1.83. The van der Waals surface area contributed by atoms with Crippen LogP contribution in [0.1, 0.15) is 44.3 Å². The Bertz CT molecular complexity index is 537. The van der Waals surface area contributed by atoms with Gasteiger partial charge in [-0.25, -0.2) is 4.98 Å².